The van der Waals surface area contributed by atoms with E-state index < -0.39 is 0 Å². The van der Waals surface area contributed by atoms with Crippen LogP contribution in [0.4, 0.5) is 0 Å². The van der Waals surface area contributed by atoms with Crippen LogP contribution in [0.3, 0.4) is 0 Å². The van der Waals surface area contributed by atoms with Gasteiger partial charge in [0.05, 0.1) is 25.0 Å². The van der Waals surface area contributed by atoms with E-state index in [2.05, 4.69) is 40.9 Å². The Labute approximate surface area is 203 Å². The molecule has 0 saturated heterocycles. The van der Waals surface area contributed by atoms with Gasteiger partial charge in [-0.1, -0.05) is 37.8 Å². The number of rotatable bonds is 9. The van der Waals surface area contributed by atoms with Crippen LogP contribution in [0.2, 0.25) is 0 Å². The van der Waals surface area contributed by atoms with E-state index >= 15 is 0 Å². The lowest BCUT2D eigenvalue weighted by Crippen LogP contribution is -2.33. The SMILES string of the molecule is C=CCn1c(SCC(=O)N[C@@H](c2ccc3c(c2)OCCCO3)C(C)C)nnc1-c1ccncc1. The Hall–Kier alpha value is -3.33. The average Bonchev–Trinajstić information content (AvgIpc) is 3.09. The van der Waals surface area contributed by atoms with Crippen LogP contribution < -0.4 is 14.8 Å². The van der Waals surface area contributed by atoms with Crippen LogP contribution in [0.5, 0.6) is 11.5 Å². The zero-order valence-electron chi connectivity index (χ0n) is 19.4. The summed E-state index contributed by atoms with van der Waals surface area (Å²) in [7, 11) is 0. The molecule has 2 aromatic heterocycles. The van der Waals surface area contributed by atoms with Gasteiger partial charge in [0.1, 0.15) is 0 Å². The lowest BCUT2D eigenvalue weighted by molar-refractivity contribution is -0.119. The molecule has 4 rings (SSSR count). The summed E-state index contributed by atoms with van der Waals surface area (Å²) in [6.07, 6.45) is 6.07. The third-order valence-corrected chi connectivity index (χ3v) is 6.38. The van der Waals surface area contributed by atoms with Crippen molar-refractivity contribution in [2.24, 2.45) is 5.92 Å². The van der Waals surface area contributed by atoms with Crippen LogP contribution in [-0.4, -0.2) is 44.6 Å². The highest BCUT2D eigenvalue weighted by Crippen LogP contribution is 2.34. The van der Waals surface area contributed by atoms with E-state index in [0.29, 0.717) is 24.9 Å². The van der Waals surface area contributed by atoms with Crippen LogP contribution in [-0.2, 0) is 11.3 Å². The second kappa shape index (κ2) is 11.2. The van der Waals surface area contributed by atoms with Crippen LogP contribution >= 0.6 is 11.8 Å². The van der Waals surface area contributed by atoms with Crippen LogP contribution in [0.15, 0.2) is 60.5 Å². The average molecular weight is 480 g/mol. The van der Waals surface area contributed by atoms with E-state index in [-0.39, 0.29) is 23.6 Å². The van der Waals surface area contributed by atoms with Crippen molar-refractivity contribution in [3.05, 3.63) is 60.9 Å². The quantitative estimate of drug-likeness (QED) is 0.362. The normalized spacial score (nSPS) is 13.9. The molecule has 1 atom stereocenters. The third kappa shape index (κ3) is 5.59. The number of allylic oxidation sites excluding steroid dienone is 1. The molecule has 1 N–H and O–H groups in total. The van der Waals surface area contributed by atoms with Crippen LogP contribution in [0.1, 0.15) is 31.9 Å². The molecule has 1 aliphatic heterocycles. The van der Waals surface area contributed by atoms with E-state index in [1.54, 1.807) is 18.5 Å². The van der Waals surface area contributed by atoms with E-state index in [4.69, 9.17) is 9.47 Å². The van der Waals surface area contributed by atoms with E-state index in [1.165, 1.54) is 11.8 Å². The van der Waals surface area contributed by atoms with Gasteiger partial charge in [0.25, 0.3) is 0 Å². The first-order valence-electron chi connectivity index (χ1n) is 11.3. The molecule has 8 nitrogen and oxygen atoms in total. The molecule has 34 heavy (non-hydrogen) atoms. The fourth-order valence-corrected chi connectivity index (χ4v) is 4.52. The Balaban J connectivity index is 1.45. The first-order valence-corrected chi connectivity index (χ1v) is 12.3. The molecule has 9 heteroatoms. The van der Waals surface area contributed by atoms with Crippen molar-refractivity contribution in [2.45, 2.75) is 38.0 Å². The van der Waals surface area contributed by atoms with Crippen molar-refractivity contribution in [1.82, 2.24) is 25.1 Å². The number of fused-ring (bicyclic) bond motifs is 1. The minimum atomic E-state index is -0.149. The number of hydrogen-bond donors (Lipinski definition) is 1. The lowest BCUT2D eigenvalue weighted by atomic mass is 9.95. The molecule has 1 aliphatic rings. The number of nitrogens with one attached hydrogen (secondary N) is 1. The summed E-state index contributed by atoms with van der Waals surface area (Å²) in [5.74, 6) is 2.54. The van der Waals surface area contributed by atoms with Gasteiger partial charge < -0.3 is 14.8 Å². The minimum Gasteiger partial charge on any atom is -0.490 e. The van der Waals surface area contributed by atoms with Crippen molar-refractivity contribution in [3.63, 3.8) is 0 Å². The largest absolute Gasteiger partial charge is 0.490 e. The van der Waals surface area contributed by atoms with Gasteiger partial charge in [-0.15, -0.1) is 16.8 Å². The number of benzene rings is 1. The molecule has 0 unspecified atom stereocenters. The van der Waals surface area contributed by atoms with E-state index in [0.717, 1.165) is 34.9 Å². The highest BCUT2D eigenvalue weighted by Gasteiger charge is 2.22. The summed E-state index contributed by atoms with van der Waals surface area (Å²) in [6, 6.07) is 9.50. The molecule has 1 amide bonds. The predicted molar refractivity (Wildman–Crippen MR) is 132 cm³/mol. The molecular weight excluding hydrogens is 450 g/mol. The smallest absolute Gasteiger partial charge is 0.230 e. The summed E-state index contributed by atoms with van der Waals surface area (Å²) in [6.45, 7) is 9.82. The molecule has 1 aromatic carbocycles. The molecule has 0 aliphatic carbocycles. The van der Waals surface area contributed by atoms with Crippen molar-refractivity contribution in [3.8, 4) is 22.9 Å². The zero-order chi connectivity index (χ0) is 23.9. The van der Waals surface area contributed by atoms with E-state index in [9.17, 15) is 4.79 Å². The third-order valence-electron chi connectivity index (χ3n) is 5.41. The molecule has 0 radical (unpaired) electrons. The van der Waals surface area contributed by atoms with E-state index in [1.807, 2.05) is 34.9 Å². The van der Waals surface area contributed by atoms with Crippen molar-refractivity contribution in [2.75, 3.05) is 19.0 Å². The highest BCUT2D eigenvalue weighted by atomic mass is 32.2. The Morgan fingerprint density at radius 1 is 1.18 bits per heavy atom. The topological polar surface area (TPSA) is 91.2 Å². The van der Waals surface area contributed by atoms with Crippen LogP contribution in [0, 0.1) is 5.92 Å². The standard InChI is InChI=1S/C25H29N5O3S/c1-4-12-30-24(18-8-10-26-11-9-18)28-29-25(30)34-16-22(31)27-23(17(2)3)19-6-7-20-21(15-19)33-14-5-13-32-20/h4,6-11,15,17,23H,1,5,12-14,16H2,2-3H3,(H,27,31)/t23-/m1/s1. The van der Waals surface area contributed by atoms with Gasteiger partial charge in [-0.05, 0) is 35.7 Å². The molecule has 0 spiro atoms. The summed E-state index contributed by atoms with van der Waals surface area (Å²) >= 11 is 1.35. The molecule has 3 heterocycles. The van der Waals surface area contributed by atoms with Gasteiger partial charge in [0.2, 0.25) is 5.91 Å². The zero-order valence-corrected chi connectivity index (χ0v) is 20.3. The van der Waals surface area contributed by atoms with Gasteiger partial charge in [-0.2, -0.15) is 0 Å². The number of aromatic nitrogens is 4. The number of hydrogen-bond acceptors (Lipinski definition) is 7. The van der Waals surface area contributed by atoms with Gasteiger partial charge in [0, 0.05) is 30.9 Å². The number of ether oxygens (including phenoxy) is 2. The van der Waals surface area contributed by atoms with Gasteiger partial charge in [-0.3, -0.25) is 14.3 Å². The van der Waals surface area contributed by atoms with Crippen molar-refractivity contribution >= 4 is 17.7 Å². The fourth-order valence-electron chi connectivity index (χ4n) is 3.76. The maximum atomic E-state index is 12.9. The van der Waals surface area contributed by atoms with Crippen molar-refractivity contribution < 1.29 is 14.3 Å². The maximum Gasteiger partial charge on any atom is 0.230 e. The Kier molecular flexibility index (Phi) is 7.84. The van der Waals surface area contributed by atoms with Gasteiger partial charge in [0.15, 0.2) is 22.5 Å². The Morgan fingerprint density at radius 2 is 1.94 bits per heavy atom. The first-order chi connectivity index (χ1) is 16.6. The predicted octanol–water partition coefficient (Wildman–Crippen LogP) is 4.29. The second-order valence-electron chi connectivity index (χ2n) is 8.28. The monoisotopic (exact) mass is 479 g/mol. The number of amides is 1. The Morgan fingerprint density at radius 3 is 2.68 bits per heavy atom. The highest BCUT2D eigenvalue weighted by molar-refractivity contribution is 7.99. The number of nitrogens with zero attached hydrogens (tertiary/aromatic N) is 4. The number of pyridine rings is 1. The molecule has 3 aromatic rings. The molecule has 0 saturated carbocycles. The Bertz CT molecular complexity index is 1130. The summed E-state index contributed by atoms with van der Waals surface area (Å²) in [4.78, 5) is 17.0. The first kappa shape index (κ1) is 23.8. The van der Waals surface area contributed by atoms with Crippen LogP contribution in [0.25, 0.3) is 11.4 Å². The number of carbonyl (C=O) groups excluding carboxylic acids is 1. The summed E-state index contributed by atoms with van der Waals surface area (Å²) < 4.78 is 13.5. The van der Waals surface area contributed by atoms with Gasteiger partial charge in [-0.25, -0.2) is 0 Å². The number of thioether (sulfide) groups is 1. The lowest BCUT2D eigenvalue weighted by Gasteiger charge is -2.24. The van der Waals surface area contributed by atoms with Gasteiger partial charge >= 0.3 is 0 Å². The summed E-state index contributed by atoms with van der Waals surface area (Å²) in [5, 5.41) is 12.5. The fraction of sp³-hybridized carbons (Fsp3) is 0.360. The molecule has 178 valence electrons. The minimum absolute atomic E-state index is 0.0746. The molecule has 0 bridgehead atoms. The second-order valence-corrected chi connectivity index (χ2v) is 9.22. The maximum absolute atomic E-state index is 12.9. The summed E-state index contributed by atoms with van der Waals surface area (Å²) in [5.41, 5.74) is 1.90. The molecule has 0 fully saturated rings. The number of carbonyl (C=O) groups is 1. The molecular formula is C25H29N5O3S. The van der Waals surface area contributed by atoms with Crippen molar-refractivity contribution in [1.29, 1.82) is 0 Å².